The predicted octanol–water partition coefficient (Wildman–Crippen LogP) is 1.48. The molecule has 0 saturated heterocycles. The smallest absolute Gasteiger partial charge is 0.180 e. The minimum atomic E-state index is 0.498. The summed E-state index contributed by atoms with van der Waals surface area (Å²) in [5.41, 5.74) is 6.53. The number of rotatable bonds is 5. The maximum atomic E-state index is 5.71. The van der Waals surface area contributed by atoms with E-state index in [4.69, 9.17) is 5.73 Å². The van der Waals surface area contributed by atoms with Gasteiger partial charge in [0.15, 0.2) is 11.5 Å². The van der Waals surface area contributed by atoms with Crippen LogP contribution < -0.4 is 11.1 Å². The summed E-state index contributed by atoms with van der Waals surface area (Å²) in [7, 11) is 0. The van der Waals surface area contributed by atoms with Crippen LogP contribution in [0.2, 0.25) is 0 Å². The van der Waals surface area contributed by atoms with E-state index in [1.165, 1.54) is 0 Å². The first-order valence-corrected chi connectivity index (χ1v) is 6.52. The monoisotopic (exact) mass is 237 g/mol. The molecule has 2 aromatic heterocycles. The van der Waals surface area contributed by atoms with Crippen molar-refractivity contribution in [2.24, 2.45) is 0 Å². The maximum absolute atomic E-state index is 5.71. The Morgan fingerprint density at radius 1 is 1.56 bits per heavy atom. The van der Waals surface area contributed by atoms with Crippen molar-refractivity contribution in [3.05, 3.63) is 18.6 Å². The molecule has 0 aliphatic heterocycles. The van der Waals surface area contributed by atoms with Gasteiger partial charge in [0, 0.05) is 18.9 Å². The van der Waals surface area contributed by atoms with Gasteiger partial charge in [0.05, 0.1) is 6.20 Å². The van der Waals surface area contributed by atoms with Gasteiger partial charge in [-0.05, 0) is 18.4 Å². The third-order valence-corrected chi connectivity index (χ3v) is 2.91. The second-order valence-corrected chi connectivity index (χ2v) is 4.43. The van der Waals surface area contributed by atoms with Crippen LogP contribution in [0.5, 0.6) is 0 Å². The van der Waals surface area contributed by atoms with Crippen molar-refractivity contribution in [2.45, 2.75) is 6.42 Å². The zero-order valence-electron chi connectivity index (χ0n) is 9.18. The Kier molecular flexibility index (Phi) is 3.51. The molecule has 0 saturated carbocycles. The Hall–Kier alpha value is -1.43. The van der Waals surface area contributed by atoms with Crippen LogP contribution in [0.3, 0.4) is 0 Å². The Labute approximate surface area is 98.5 Å². The van der Waals surface area contributed by atoms with Gasteiger partial charge in [-0.25, -0.2) is 9.97 Å². The zero-order valence-corrected chi connectivity index (χ0v) is 10.00. The number of nitrogen functional groups attached to an aromatic ring is 1. The molecule has 16 heavy (non-hydrogen) atoms. The van der Waals surface area contributed by atoms with E-state index in [1.54, 1.807) is 12.4 Å². The fourth-order valence-electron chi connectivity index (χ4n) is 1.49. The van der Waals surface area contributed by atoms with Gasteiger partial charge in [0.1, 0.15) is 5.82 Å². The van der Waals surface area contributed by atoms with Gasteiger partial charge in [-0.3, -0.25) is 0 Å². The molecule has 0 amide bonds. The quantitative estimate of drug-likeness (QED) is 0.771. The highest BCUT2D eigenvalue weighted by molar-refractivity contribution is 7.98. The molecule has 0 bridgehead atoms. The summed E-state index contributed by atoms with van der Waals surface area (Å²) in [6.07, 6.45) is 8.56. The van der Waals surface area contributed by atoms with Gasteiger partial charge >= 0.3 is 0 Å². The summed E-state index contributed by atoms with van der Waals surface area (Å²) in [4.78, 5) is 8.48. The van der Waals surface area contributed by atoms with Gasteiger partial charge in [-0.15, -0.1) is 0 Å². The summed E-state index contributed by atoms with van der Waals surface area (Å²) < 4.78 is 1.87. The number of imidazole rings is 1. The number of nitrogens with zero attached hydrogens (tertiary/aromatic N) is 3. The second kappa shape index (κ2) is 5.07. The summed E-state index contributed by atoms with van der Waals surface area (Å²) in [5, 5.41) is 3.26. The van der Waals surface area contributed by atoms with E-state index in [9.17, 15) is 0 Å². The van der Waals surface area contributed by atoms with Crippen LogP contribution in [-0.2, 0) is 0 Å². The number of nitrogens with two attached hydrogens (primary N) is 1. The van der Waals surface area contributed by atoms with Crippen LogP contribution in [0, 0.1) is 0 Å². The summed E-state index contributed by atoms with van der Waals surface area (Å²) in [6, 6.07) is 0. The normalized spacial score (nSPS) is 10.8. The molecule has 0 aromatic carbocycles. The van der Waals surface area contributed by atoms with E-state index in [0.29, 0.717) is 5.82 Å². The van der Waals surface area contributed by atoms with Crippen molar-refractivity contribution in [1.29, 1.82) is 0 Å². The predicted molar refractivity (Wildman–Crippen MR) is 68.9 cm³/mol. The fourth-order valence-corrected chi connectivity index (χ4v) is 1.93. The van der Waals surface area contributed by atoms with Crippen LogP contribution in [0.15, 0.2) is 18.6 Å². The molecule has 2 rings (SSSR count). The lowest BCUT2D eigenvalue weighted by Gasteiger charge is -2.07. The van der Waals surface area contributed by atoms with Crippen LogP contribution in [-0.4, -0.2) is 32.9 Å². The van der Waals surface area contributed by atoms with Crippen molar-refractivity contribution >= 4 is 29.0 Å². The molecule has 0 radical (unpaired) electrons. The Morgan fingerprint density at radius 2 is 2.44 bits per heavy atom. The Morgan fingerprint density at radius 3 is 3.25 bits per heavy atom. The first-order valence-electron chi connectivity index (χ1n) is 5.13. The van der Waals surface area contributed by atoms with Gasteiger partial charge < -0.3 is 15.5 Å². The molecule has 3 N–H and O–H groups in total. The molecule has 2 heterocycles. The molecule has 0 aliphatic carbocycles. The van der Waals surface area contributed by atoms with E-state index in [0.717, 1.165) is 30.2 Å². The largest absolute Gasteiger partial charge is 0.382 e. The molecule has 86 valence electrons. The topological polar surface area (TPSA) is 68.2 Å². The molecule has 0 fully saturated rings. The average Bonchev–Trinajstić information content (AvgIpc) is 2.72. The molecule has 6 heteroatoms. The number of anilines is 2. The highest BCUT2D eigenvalue weighted by Gasteiger charge is 2.04. The highest BCUT2D eigenvalue weighted by Crippen LogP contribution is 2.14. The van der Waals surface area contributed by atoms with E-state index in [1.807, 2.05) is 22.4 Å². The van der Waals surface area contributed by atoms with Gasteiger partial charge in [0.2, 0.25) is 0 Å². The second-order valence-electron chi connectivity index (χ2n) is 3.45. The summed E-state index contributed by atoms with van der Waals surface area (Å²) in [6.45, 7) is 0.889. The van der Waals surface area contributed by atoms with E-state index in [2.05, 4.69) is 21.5 Å². The Bertz CT molecular complexity index is 467. The van der Waals surface area contributed by atoms with Crippen LogP contribution in [0.25, 0.3) is 5.65 Å². The first-order chi connectivity index (χ1) is 7.81. The first kappa shape index (κ1) is 11.1. The fraction of sp³-hybridized carbons (Fsp3) is 0.400. The summed E-state index contributed by atoms with van der Waals surface area (Å²) in [5.74, 6) is 2.39. The number of hydrogen-bond acceptors (Lipinski definition) is 5. The SMILES string of the molecule is CSCCCNc1nc(N)cn2ccnc12. The van der Waals surface area contributed by atoms with Crippen LogP contribution in [0.4, 0.5) is 11.6 Å². The van der Waals surface area contributed by atoms with Crippen molar-refractivity contribution in [3.63, 3.8) is 0 Å². The van der Waals surface area contributed by atoms with Gasteiger partial charge in [-0.1, -0.05) is 0 Å². The lowest BCUT2D eigenvalue weighted by Crippen LogP contribution is -2.07. The molecular weight excluding hydrogens is 222 g/mol. The molecule has 2 aromatic rings. The number of thioether (sulfide) groups is 1. The van der Waals surface area contributed by atoms with Gasteiger partial charge in [-0.2, -0.15) is 11.8 Å². The summed E-state index contributed by atoms with van der Waals surface area (Å²) >= 11 is 1.84. The van der Waals surface area contributed by atoms with E-state index < -0.39 is 0 Å². The van der Waals surface area contributed by atoms with E-state index >= 15 is 0 Å². The number of hydrogen-bond donors (Lipinski definition) is 2. The number of fused-ring (bicyclic) bond motifs is 1. The van der Waals surface area contributed by atoms with Crippen LogP contribution in [0.1, 0.15) is 6.42 Å². The number of nitrogens with one attached hydrogen (secondary N) is 1. The standard InChI is InChI=1S/C10H15N5S/c1-16-6-2-3-12-9-10-13-4-5-15(10)7-8(11)14-9/h4-5,7H,2-3,6,11H2,1H3,(H,12,14). The molecule has 0 unspecified atom stereocenters. The molecule has 0 spiro atoms. The van der Waals surface area contributed by atoms with Crippen LogP contribution >= 0.6 is 11.8 Å². The molecule has 5 nitrogen and oxygen atoms in total. The highest BCUT2D eigenvalue weighted by atomic mass is 32.2. The van der Waals surface area contributed by atoms with Crippen molar-refractivity contribution < 1.29 is 0 Å². The average molecular weight is 237 g/mol. The van der Waals surface area contributed by atoms with Crippen molar-refractivity contribution in [3.8, 4) is 0 Å². The van der Waals surface area contributed by atoms with E-state index in [-0.39, 0.29) is 0 Å². The third kappa shape index (κ3) is 2.38. The third-order valence-electron chi connectivity index (χ3n) is 2.21. The number of aromatic nitrogens is 3. The zero-order chi connectivity index (χ0) is 11.4. The lowest BCUT2D eigenvalue weighted by molar-refractivity contribution is 0.977. The molecule has 0 atom stereocenters. The molecular formula is C10H15N5S. The Balaban J connectivity index is 2.12. The van der Waals surface area contributed by atoms with Gasteiger partial charge in [0.25, 0.3) is 0 Å². The van der Waals surface area contributed by atoms with Crippen molar-refractivity contribution in [1.82, 2.24) is 14.4 Å². The van der Waals surface area contributed by atoms with Crippen molar-refractivity contribution in [2.75, 3.05) is 29.6 Å². The minimum absolute atomic E-state index is 0.498. The minimum Gasteiger partial charge on any atom is -0.382 e. The molecule has 0 aliphatic rings. The maximum Gasteiger partial charge on any atom is 0.180 e. The lowest BCUT2D eigenvalue weighted by atomic mass is 10.4.